The van der Waals surface area contributed by atoms with Crippen molar-refractivity contribution >= 4 is 5.91 Å². The maximum absolute atomic E-state index is 11.9. The first-order chi connectivity index (χ1) is 7.75. The predicted octanol–water partition coefficient (Wildman–Crippen LogP) is 1.63. The van der Waals surface area contributed by atoms with E-state index in [-0.39, 0.29) is 0 Å². The Bertz CT molecular complexity index is 232. The van der Waals surface area contributed by atoms with Crippen molar-refractivity contribution in [1.29, 1.82) is 0 Å². The highest BCUT2D eigenvalue weighted by molar-refractivity contribution is 5.76. The zero-order chi connectivity index (χ0) is 11.4. The van der Waals surface area contributed by atoms with Gasteiger partial charge in [-0.3, -0.25) is 4.79 Å². The lowest BCUT2D eigenvalue weighted by molar-refractivity contribution is -0.131. The SMILES string of the molecule is CN(CCC1CC1)C(=O)CC1CCNCC1. The van der Waals surface area contributed by atoms with E-state index in [9.17, 15) is 4.79 Å². The van der Waals surface area contributed by atoms with E-state index >= 15 is 0 Å². The van der Waals surface area contributed by atoms with Crippen LogP contribution in [0.25, 0.3) is 0 Å². The van der Waals surface area contributed by atoms with Crippen molar-refractivity contribution in [2.75, 3.05) is 26.7 Å². The van der Waals surface area contributed by atoms with Gasteiger partial charge in [0.25, 0.3) is 0 Å². The molecule has 0 radical (unpaired) electrons. The summed E-state index contributed by atoms with van der Waals surface area (Å²) in [6, 6.07) is 0. The smallest absolute Gasteiger partial charge is 0.222 e. The van der Waals surface area contributed by atoms with Gasteiger partial charge in [0.05, 0.1) is 0 Å². The lowest BCUT2D eigenvalue weighted by Crippen LogP contribution is -2.33. The first-order valence-corrected chi connectivity index (χ1v) is 6.70. The minimum Gasteiger partial charge on any atom is -0.346 e. The third-order valence-electron chi connectivity index (χ3n) is 3.92. The van der Waals surface area contributed by atoms with Crippen molar-refractivity contribution in [2.24, 2.45) is 11.8 Å². The molecule has 16 heavy (non-hydrogen) atoms. The summed E-state index contributed by atoms with van der Waals surface area (Å²) in [7, 11) is 1.96. The maximum atomic E-state index is 11.9. The minimum atomic E-state index is 0.354. The number of carbonyl (C=O) groups excluding carboxylic acids is 1. The Morgan fingerprint density at radius 2 is 1.88 bits per heavy atom. The number of nitrogens with one attached hydrogen (secondary N) is 1. The molecule has 1 heterocycles. The molecule has 1 N–H and O–H groups in total. The molecule has 3 heteroatoms. The fourth-order valence-electron chi connectivity index (χ4n) is 2.40. The summed E-state index contributed by atoms with van der Waals surface area (Å²) in [5.74, 6) is 1.90. The molecule has 0 atom stereocenters. The van der Waals surface area contributed by atoms with Gasteiger partial charge in [0.1, 0.15) is 0 Å². The average Bonchev–Trinajstić information content (AvgIpc) is 3.11. The third-order valence-corrected chi connectivity index (χ3v) is 3.92. The topological polar surface area (TPSA) is 32.3 Å². The van der Waals surface area contributed by atoms with Crippen molar-refractivity contribution in [3.05, 3.63) is 0 Å². The van der Waals surface area contributed by atoms with Gasteiger partial charge in [-0.1, -0.05) is 12.8 Å². The minimum absolute atomic E-state index is 0.354. The molecule has 2 rings (SSSR count). The van der Waals surface area contributed by atoms with E-state index in [2.05, 4.69) is 5.32 Å². The number of hydrogen-bond acceptors (Lipinski definition) is 2. The van der Waals surface area contributed by atoms with Crippen LogP contribution >= 0.6 is 0 Å². The summed E-state index contributed by atoms with van der Waals surface area (Å²) in [4.78, 5) is 13.9. The van der Waals surface area contributed by atoms with E-state index in [1.54, 1.807) is 0 Å². The summed E-state index contributed by atoms with van der Waals surface area (Å²) in [6.45, 7) is 3.14. The first kappa shape index (κ1) is 11.9. The number of piperidine rings is 1. The van der Waals surface area contributed by atoms with Crippen LogP contribution in [0.1, 0.15) is 38.5 Å². The van der Waals surface area contributed by atoms with Crippen LogP contribution in [-0.4, -0.2) is 37.5 Å². The van der Waals surface area contributed by atoms with Gasteiger partial charge in [0.15, 0.2) is 0 Å². The lowest BCUT2D eigenvalue weighted by Gasteiger charge is -2.24. The third kappa shape index (κ3) is 3.78. The number of nitrogens with zero attached hydrogens (tertiary/aromatic N) is 1. The van der Waals surface area contributed by atoms with Gasteiger partial charge < -0.3 is 10.2 Å². The zero-order valence-electron chi connectivity index (χ0n) is 10.4. The summed E-state index contributed by atoms with van der Waals surface area (Å²) in [5, 5.41) is 3.34. The fraction of sp³-hybridized carbons (Fsp3) is 0.923. The number of carbonyl (C=O) groups is 1. The van der Waals surface area contributed by atoms with Crippen LogP contribution in [-0.2, 0) is 4.79 Å². The van der Waals surface area contributed by atoms with Gasteiger partial charge >= 0.3 is 0 Å². The predicted molar refractivity (Wildman–Crippen MR) is 65.2 cm³/mol. The van der Waals surface area contributed by atoms with Crippen molar-refractivity contribution in [3.63, 3.8) is 0 Å². The van der Waals surface area contributed by atoms with E-state index in [1.807, 2.05) is 11.9 Å². The molecule has 2 aliphatic rings. The average molecular weight is 224 g/mol. The Hall–Kier alpha value is -0.570. The van der Waals surface area contributed by atoms with Crippen LogP contribution in [0.4, 0.5) is 0 Å². The van der Waals surface area contributed by atoms with Crippen molar-refractivity contribution in [2.45, 2.75) is 38.5 Å². The molecule has 2 fully saturated rings. The summed E-state index contributed by atoms with van der Waals surface area (Å²) < 4.78 is 0. The van der Waals surface area contributed by atoms with Gasteiger partial charge in [-0.2, -0.15) is 0 Å². The van der Waals surface area contributed by atoms with Crippen molar-refractivity contribution in [1.82, 2.24) is 10.2 Å². The highest BCUT2D eigenvalue weighted by Crippen LogP contribution is 2.32. The van der Waals surface area contributed by atoms with Gasteiger partial charge in [-0.05, 0) is 44.2 Å². The second-order valence-electron chi connectivity index (χ2n) is 5.44. The zero-order valence-corrected chi connectivity index (χ0v) is 10.4. The number of rotatable bonds is 5. The molecule has 0 bridgehead atoms. The molecule has 0 aromatic heterocycles. The quantitative estimate of drug-likeness (QED) is 0.770. The number of amides is 1. The van der Waals surface area contributed by atoms with Crippen LogP contribution in [0.2, 0.25) is 0 Å². The highest BCUT2D eigenvalue weighted by atomic mass is 16.2. The Morgan fingerprint density at radius 3 is 2.50 bits per heavy atom. The van der Waals surface area contributed by atoms with Crippen LogP contribution in [0.15, 0.2) is 0 Å². The maximum Gasteiger partial charge on any atom is 0.222 e. The molecule has 1 amide bonds. The Morgan fingerprint density at radius 1 is 1.19 bits per heavy atom. The van der Waals surface area contributed by atoms with Crippen molar-refractivity contribution < 1.29 is 4.79 Å². The van der Waals surface area contributed by atoms with E-state index in [0.717, 1.165) is 32.0 Å². The molecule has 92 valence electrons. The summed E-state index contributed by atoms with van der Waals surface area (Å²) in [5.41, 5.74) is 0. The van der Waals surface area contributed by atoms with Crippen LogP contribution in [0.3, 0.4) is 0 Å². The molecular weight excluding hydrogens is 200 g/mol. The molecule has 1 aliphatic heterocycles. The summed E-state index contributed by atoms with van der Waals surface area (Å²) >= 11 is 0. The van der Waals surface area contributed by atoms with E-state index in [0.29, 0.717) is 11.8 Å². The van der Waals surface area contributed by atoms with Crippen LogP contribution in [0, 0.1) is 11.8 Å². The molecule has 1 saturated heterocycles. The normalized spacial score (nSPS) is 22.1. The molecule has 1 aliphatic carbocycles. The first-order valence-electron chi connectivity index (χ1n) is 6.70. The lowest BCUT2D eigenvalue weighted by atomic mass is 9.94. The fourth-order valence-corrected chi connectivity index (χ4v) is 2.40. The largest absolute Gasteiger partial charge is 0.346 e. The Balaban J connectivity index is 1.64. The van der Waals surface area contributed by atoms with E-state index in [4.69, 9.17) is 0 Å². The molecular formula is C13H24N2O. The van der Waals surface area contributed by atoms with Crippen LogP contribution in [0.5, 0.6) is 0 Å². The molecule has 0 spiro atoms. The van der Waals surface area contributed by atoms with Gasteiger partial charge in [-0.25, -0.2) is 0 Å². The highest BCUT2D eigenvalue weighted by Gasteiger charge is 2.23. The Kier molecular flexibility index (Phi) is 4.22. The van der Waals surface area contributed by atoms with Gasteiger partial charge in [0.2, 0.25) is 5.91 Å². The molecule has 3 nitrogen and oxygen atoms in total. The number of hydrogen-bond donors (Lipinski definition) is 1. The second kappa shape index (κ2) is 5.67. The second-order valence-corrected chi connectivity index (χ2v) is 5.44. The van der Waals surface area contributed by atoms with E-state index < -0.39 is 0 Å². The summed E-state index contributed by atoms with van der Waals surface area (Å²) in [6.07, 6.45) is 7.09. The molecule has 0 aromatic rings. The Labute approximate surface area is 98.6 Å². The molecule has 0 unspecified atom stereocenters. The van der Waals surface area contributed by atoms with Gasteiger partial charge in [0, 0.05) is 20.0 Å². The molecule has 1 saturated carbocycles. The van der Waals surface area contributed by atoms with Crippen LogP contribution < -0.4 is 5.32 Å². The van der Waals surface area contributed by atoms with E-state index in [1.165, 1.54) is 32.1 Å². The van der Waals surface area contributed by atoms with Gasteiger partial charge in [-0.15, -0.1) is 0 Å². The standard InChI is InChI=1S/C13H24N2O/c1-15(9-6-11-2-3-11)13(16)10-12-4-7-14-8-5-12/h11-12,14H,2-10H2,1H3. The monoisotopic (exact) mass is 224 g/mol. The van der Waals surface area contributed by atoms with Crippen molar-refractivity contribution in [3.8, 4) is 0 Å². The molecule has 0 aromatic carbocycles.